The van der Waals surface area contributed by atoms with Crippen LogP contribution in [0.15, 0.2) is 18.2 Å². The zero-order valence-corrected chi connectivity index (χ0v) is 6.82. The molecule has 0 saturated heterocycles. The largest absolute Gasteiger partial charge is 0.463 e. The predicted molar refractivity (Wildman–Crippen MR) is 47.6 cm³/mol. The SMILES string of the molecule is CC(O)Oc1ccc(N)cc1N. The maximum atomic E-state index is 8.89. The van der Waals surface area contributed by atoms with Crippen LogP contribution in [0.2, 0.25) is 0 Å². The van der Waals surface area contributed by atoms with Crippen LogP contribution in [0.5, 0.6) is 5.75 Å². The highest BCUT2D eigenvalue weighted by Crippen LogP contribution is 2.23. The van der Waals surface area contributed by atoms with E-state index in [4.69, 9.17) is 21.3 Å². The minimum Gasteiger partial charge on any atom is -0.463 e. The number of ether oxygens (including phenoxy) is 1. The first-order valence-electron chi connectivity index (χ1n) is 3.59. The molecule has 0 aromatic heterocycles. The molecule has 1 unspecified atom stereocenters. The molecule has 12 heavy (non-hydrogen) atoms. The highest BCUT2D eigenvalue weighted by molar-refractivity contribution is 5.60. The topological polar surface area (TPSA) is 81.5 Å². The number of anilines is 2. The van der Waals surface area contributed by atoms with Crippen LogP contribution in [0.1, 0.15) is 6.92 Å². The highest BCUT2D eigenvalue weighted by Gasteiger charge is 2.02. The van der Waals surface area contributed by atoms with Crippen LogP contribution in [-0.4, -0.2) is 11.4 Å². The molecular weight excluding hydrogens is 156 g/mol. The van der Waals surface area contributed by atoms with E-state index in [-0.39, 0.29) is 0 Å². The lowest BCUT2D eigenvalue weighted by Gasteiger charge is -2.10. The van der Waals surface area contributed by atoms with Crippen LogP contribution in [0.3, 0.4) is 0 Å². The summed E-state index contributed by atoms with van der Waals surface area (Å²) in [5, 5.41) is 8.89. The summed E-state index contributed by atoms with van der Waals surface area (Å²) < 4.78 is 4.97. The molecule has 0 saturated carbocycles. The van der Waals surface area contributed by atoms with Gasteiger partial charge in [0.1, 0.15) is 5.75 Å². The zero-order valence-electron chi connectivity index (χ0n) is 6.82. The molecule has 66 valence electrons. The molecule has 5 N–H and O–H groups in total. The van der Waals surface area contributed by atoms with Crippen molar-refractivity contribution in [3.8, 4) is 5.75 Å². The second-order valence-electron chi connectivity index (χ2n) is 2.51. The molecular formula is C8H12N2O2. The van der Waals surface area contributed by atoms with Gasteiger partial charge in [-0.05, 0) is 25.1 Å². The van der Waals surface area contributed by atoms with Gasteiger partial charge in [-0.25, -0.2) is 0 Å². The van der Waals surface area contributed by atoms with E-state index in [1.54, 1.807) is 18.2 Å². The molecule has 0 aliphatic carbocycles. The van der Waals surface area contributed by atoms with Crippen molar-refractivity contribution in [1.82, 2.24) is 0 Å². The molecule has 1 aromatic rings. The number of rotatable bonds is 2. The van der Waals surface area contributed by atoms with E-state index in [1.165, 1.54) is 6.92 Å². The number of benzene rings is 1. The fraction of sp³-hybridized carbons (Fsp3) is 0.250. The summed E-state index contributed by atoms with van der Waals surface area (Å²) in [5.41, 5.74) is 12.0. The fourth-order valence-corrected chi connectivity index (χ4v) is 0.858. The summed E-state index contributed by atoms with van der Waals surface area (Å²) in [5.74, 6) is 0.444. The molecule has 4 heteroatoms. The Hall–Kier alpha value is -1.42. The number of nitrogen functional groups attached to an aromatic ring is 2. The Bertz CT molecular complexity index is 274. The van der Waals surface area contributed by atoms with Gasteiger partial charge in [-0.1, -0.05) is 0 Å². The first kappa shape index (κ1) is 8.67. The van der Waals surface area contributed by atoms with Crippen molar-refractivity contribution in [2.24, 2.45) is 0 Å². The number of hydrogen-bond donors (Lipinski definition) is 3. The Morgan fingerprint density at radius 3 is 2.58 bits per heavy atom. The van der Waals surface area contributed by atoms with Gasteiger partial charge in [0.25, 0.3) is 0 Å². The molecule has 0 heterocycles. The van der Waals surface area contributed by atoms with Gasteiger partial charge < -0.3 is 21.3 Å². The third kappa shape index (κ3) is 2.03. The molecule has 1 rings (SSSR count). The number of aliphatic hydroxyl groups excluding tert-OH is 1. The van der Waals surface area contributed by atoms with E-state index in [1.807, 2.05) is 0 Å². The summed E-state index contributed by atoms with van der Waals surface area (Å²) >= 11 is 0. The highest BCUT2D eigenvalue weighted by atomic mass is 16.6. The molecule has 1 atom stereocenters. The van der Waals surface area contributed by atoms with Crippen LogP contribution in [0.25, 0.3) is 0 Å². The second-order valence-corrected chi connectivity index (χ2v) is 2.51. The lowest BCUT2D eigenvalue weighted by molar-refractivity contribution is 0.000283. The van der Waals surface area contributed by atoms with Crippen LogP contribution in [-0.2, 0) is 0 Å². The summed E-state index contributed by atoms with van der Waals surface area (Å²) in [7, 11) is 0. The average Bonchev–Trinajstić information content (AvgIpc) is 1.94. The molecule has 1 aromatic carbocycles. The molecule has 0 spiro atoms. The number of hydrogen-bond acceptors (Lipinski definition) is 4. The van der Waals surface area contributed by atoms with Gasteiger partial charge in [0.2, 0.25) is 0 Å². The quantitative estimate of drug-likeness (QED) is 0.445. The molecule has 0 radical (unpaired) electrons. The van der Waals surface area contributed by atoms with Gasteiger partial charge in [0.15, 0.2) is 6.29 Å². The van der Waals surface area contributed by atoms with Crippen molar-refractivity contribution < 1.29 is 9.84 Å². The number of nitrogens with two attached hydrogens (primary N) is 2. The van der Waals surface area contributed by atoms with Crippen molar-refractivity contribution in [2.75, 3.05) is 11.5 Å². The maximum absolute atomic E-state index is 8.89. The molecule has 4 nitrogen and oxygen atoms in total. The summed E-state index contributed by atoms with van der Waals surface area (Å²) in [6.45, 7) is 1.51. The van der Waals surface area contributed by atoms with Crippen molar-refractivity contribution in [2.45, 2.75) is 13.2 Å². The van der Waals surface area contributed by atoms with Gasteiger partial charge in [-0.15, -0.1) is 0 Å². The molecule has 0 fully saturated rings. The van der Waals surface area contributed by atoms with Crippen molar-refractivity contribution >= 4 is 11.4 Å². The van der Waals surface area contributed by atoms with Gasteiger partial charge in [0, 0.05) is 5.69 Å². The van der Waals surface area contributed by atoms with Crippen LogP contribution >= 0.6 is 0 Å². The van der Waals surface area contributed by atoms with Crippen molar-refractivity contribution in [3.05, 3.63) is 18.2 Å². The lowest BCUT2D eigenvalue weighted by atomic mass is 10.2. The molecule has 0 bridgehead atoms. The van der Waals surface area contributed by atoms with Crippen molar-refractivity contribution in [3.63, 3.8) is 0 Å². The standard InChI is InChI=1S/C8H12N2O2/c1-5(11)12-8-3-2-6(9)4-7(8)10/h2-5,11H,9-10H2,1H3. The van der Waals surface area contributed by atoms with E-state index in [2.05, 4.69) is 0 Å². The van der Waals surface area contributed by atoms with Crippen LogP contribution in [0, 0.1) is 0 Å². The van der Waals surface area contributed by atoms with E-state index in [9.17, 15) is 0 Å². The monoisotopic (exact) mass is 168 g/mol. The second kappa shape index (κ2) is 3.32. The predicted octanol–water partition coefficient (Wildman–Crippen LogP) is 0.568. The Morgan fingerprint density at radius 1 is 1.42 bits per heavy atom. The molecule has 0 aliphatic heterocycles. The third-order valence-corrected chi connectivity index (χ3v) is 1.33. The average molecular weight is 168 g/mol. The van der Waals surface area contributed by atoms with Gasteiger partial charge in [-0.2, -0.15) is 0 Å². The minimum absolute atomic E-state index is 0.427. The molecule has 0 aliphatic rings. The zero-order chi connectivity index (χ0) is 9.14. The Morgan fingerprint density at radius 2 is 2.08 bits per heavy atom. The molecule has 0 amide bonds. The minimum atomic E-state index is -0.865. The fourth-order valence-electron chi connectivity index (χ4n) is 0.858. The van der Waals surface area contributed by atoms with E-state index < -0.39 is 6.29 Å². The van der Waals surface area contributed by atoms with Crippen LogP contribution < -0.4 is 16.2 Å². The lowest BCUT2D eigenvalue weighted by Crippen LogP contribution is -2.10. The summed E-state index contributed by atoms with van der Waals surface area (Å²) in [4.78, 5) is 0. The maximum Gasteiger partial charge on any atom is 0.194 e. The summed E-state index contributed by atoms with van der Waals surface area (Å²) in [6.07, 6.45) is -0.865. The van der Waals surface area contributed by atoms with Gasteiger partial charge in [0.05, 0.1) is 5.69 Å². The Balaban J connectivity index is 2.86. The smallest absolute Gasteiger partial charge is 0.194 e. The van der Waals surface area contributed by atoms with Crippen molar-refractivity contribution in [1.29, 1.82) is 0 Å². The van der Waals surface area contributed by atoms with Gasteiger partial charge >= 0.3 is 0 Å². The number of aliphatic hydroxyl groups is 1. The van der Waals surface area contributed by atoms with Crippen LogP contribution in [0.4, 0.5) is 11.4 Å². The van der Waals surface area contributed by atoms with E-state index in [0.717, 1.165) is 0 Å². The first-order chi connectivity index (χ1) is 5.59. The first-order valence-corrected chi connectivity index (χ1v) is 3.59. The van der Waals surface area contributed by atoms with E-state index in [0.29, 0.717) is 17.1 Å². The Kier molecular flexibility index (Phi) is 2.40. The third-order valence-electron chi connectivity index (χ3n) is 1.33. The Labute approximate surface area is 70.7 Å². The van der Waals surface area contributed by atoms with E-state index >= 15 is 0 Å². The summed E-state index contributed by atoms with van der Waals surface area (Å²) in [6, 6.07) is 4.86. The normalized spacial score (nSPS) is 12.5. The van der Waals surface area contributed by atoms with Gasteiger partial charge in [-0.3, -0.25) is 0 Å².